The number of rotatable bonds is 3. The van der Waals surface area contributed by atoms with Crippen molar-refractivity contribution in [3.63, 3.8) is 0 Å². The van der Waals surface area contributed by atoms with Crippen LogP contribution in [0, 0.1) is 0 Å². The Labute approximate surface area is 114 Å². The van der Waals surface area contributed by atoms with Crippen molar-refractivity contribution < 1.29 is 4.79 Å². The summed E-state index contributed by atoms with van der Waals surface area (Å²) < 4.78 is 0.913. The molecule has 0 atom stereocenters. The third kappa shape index (κ3) is 3.78. The highest BCUT2D eigenvalue weighted by molar-refractivity contribution is 9.10. The van der Waals surface area contributed by atoms with Crippen molar-refractivity contribution in [3.05, 3.63) is 59.1 Å². The van der Waals surface area contributed by atoms with Crippen LogP contribution in [-0.4, -0.2) is 6.03 Å². The number of urea groups is 1. The Balaban J connectivity index is 1.86. The summed E-state index contributed by atoms with van der Waals surface area (Å²) in [7, 11) is 0. The van der Waals surface area contributed by atoms with Crippen molar-refractivity contribution in [1.29, 1.82) is 0 Å². The van der Waals surface area contributed by atoms with E-state index in [9.17, 15) is 4.79 Å². The molecule has 0 aromatic heterocycles. The number of hydrazine groups is 1. The molecular weight excluding hydrogens is 294 g/mol. The molecule has 0 bridgehead atoms. The standard InChI is InChI=1S/C13H12BrN3O/c14-10-5-4-8-12(9-10)15-13(18)17-16-11-6-2-1-3-7-11/h1-9,16H,(H2,15,17,18). The normalized spacial score (nSPS) is 9.61. The van der Waals surface area contributed by atoms with Gasteiger partial charge in [-0.1, -0.05) is 40.2 Å². The minimum Gasteiger partial charge on any atom is -0.307 e. The molecule has 18 heavy (non-hydrogen) atoms. The molecule has 0 fully saturated rings. The maximum Gasteiger partial charge on any atom is 0.337 e. The summed E-state index contributed by atoms with van der Waals surface area (Å²) in [5.41, 5.74) is 6.90. The number of nitrogens with one attached hydrogen (secondary N) is 3. The number of carbonyl (C=O) groups excluding carboxylic acids is 1. The first kappa shape index (κ1) is 12.4. The Bertz CT molecular complexity index is 531. The molecule has 0 radical (unpaired) electrons. The summed E-state index contributed by atoms with van der Waals surface area (Å²) in [6, 6.07) is 16.5. The van der Waals surface area contributed by atoms with Gasteiger partial charge in [-0.2, -0.15) is 0 Å². The predicted octanol–water partition coefficient (Wildman–Crippen LogP) is 3.60. The Hall–Kier alpha value is -2.01. The predicted molar refractivity (Wildman–Crippen MR) is 76.4 cm³/mol. The molecule has 2 aromatic carbocycles. The molecule has 4 nitrogen and oxygen atoms in total. The van der Waals surface area contributed by atoms with Gasteiger partial charge in [-0.05, 0) is 30.3 Å². The maximum absolute atomic E-state index is 11.6. The largest absolute Gasteiger partial charge is 0.337 e. The van der Waals surface area contributed by atoms with E-state index < -0.39 is 0 Å². The first-order valence-electron chi connectivity index (χ1n) is 5.38. The number of para-hydroxylation sites is 1. The number of carbonyl (C=O) groups is 1. The number of benzene rings is 2. The van der Waals surface area contributed by atoms with Crippen LogP contribution in [0.4, 0.5) is 16.2 Å². The molecular formula is C13H12BrN3O. The Kier molecular flexibility index (Phi) is 4.20. The van der Waals surface area contributed by atoms with E-state index in [4.69, 9.17) is 0 Å². The molecule has 2 amide bonds. The van der Waals surface area contributed by atoms with Gasteiger partial charge in [0.15, 0.2) is 0 Å². The lowest BCUT2D eigenvalue weighted by Gasteiger charge is -2.09. The van der Waals surface area contributed by atoms with Gasteiger partial charge in [0.1, 0.15) is 0 Å². The van der Waals surface area contributed by atoms with Gasteiger partial charge in [-0.25, -0.2) is 4.79 Å². The van der Waals surface area contributed by atoms with Crippen molar-refractivity contribution in [2.24, 2.45) is 0 Å². The van der Waals surface area contributed by atoms with Crippen LogP contribution < -0.4 is 16.2 Å². The quantitative estimate of drug-likeness (QED) is 0.759. The Morgan fingerprint density at radius 1 is 0.944 bits per heavy atom. The molecule has 5 heteroatoms. The van der Waals surface area contributed by atoms with Crippen LogP contribution in [0.5, 0.6) is 0 Å². The highest BCUT2D eigenvalue weighted by atomic mass is 79.9. The summed E-state index contributed by atoms with van der Waals surface area (Å²) in [5.74, 6) is 0. The minimum absolute atomic E-state index is 0.322. The zero-order chi connectivity index (χ0) is 12.8. The number of hydrogen-bond donors (Lipinski definition) is 3. The maximum atomic E-state index is 11.6. The van der Waals surface area contributed by atoms with Gasteiger partial charge in [-0.15, -0.1) is 0 Å². The lowest BCUT2D eigenvalue weighted by Crippen LogP contribution is -2.33. The first-order chi connectivity index (χ1) is 8.74. The van der Waals surface area contributed by atoms with E-state index in [1.54, 1.807) is 0 Å². The van der Waals surface area contributed by atoms with Crippen molar-refractivity contribution in [2.45, 2.75) is 0 Å². The topological polar surface area (TPSA) is 53.2 Å². The fraction of sp³-hybridized carbons (Fsp3) is 0. The van der Waals surface area contributed by atoms with Crippen LogP contribution in [-0.2, 0) is 0 Å². The minimum atomic E-state index is -0.322. The van der Waals surface area contributed by atoms with E-state index in [1.165, 1.54) is 0 Å². The van der Waals surface area contributed by atoms with Crippen molar-refractivity contribution in [2.75, 3.05) is 10.7 Å². The van der Waals surface area contributed by atoms with Gasteiger partial charge in [0.2, 0.25) is 0 Å². The van der Waals surface area contributed by atoms with Crippen molar-refractivity contribution in [3.8, 4) is 0 Å². The third-order valence-electron chi connectivity index (χ3n) is 2.18. The van der Waals surface area contributed by atoms with Gasteiger partial charge >= 0.3 is 6.03 Å². The monoisotopic (exact) mass is 305 g/mol. The molecule has 0 aliphatic rings. The summed E-state index contributed by atoms with van der Waals surface area (Å²) in [4.78, 5) is 11.6. The molecule has 0 spiro atoms. The Morgan fingerprint density at radius 2 is 1.67 bits per heavy atom. The summed E-state index contributed by atoms with van der Waals surface area (Å²) >= 11 is 3.34. The van der Waals surface area contributed by atoms with Crippen molar-refractivity contribution >= 4 is 33.3 Å². The number of hydrogen-bond acceptors (Lipinski definition) is 2. The van der Waals surface area contributed by atoms with Crippen molar-refractivity contribution in [1.82, 2.24) is 5.43 Å². The van der Waals surface area contributed by atoms with Crippen LogP contribution in [0.1, 0.15) is 0 Å². The third-order valence-corrected chi connectivity index (χ3v) is 2.67. The average Bonchev–Trinajstić information content (AvgIpc) is 2.38. The van der Waals surface area contributed by atoms with E-state index >= 15 is 0 Å². The van der Waals surface area contributed by atoms with Crippen LogP contribution in [0.3, 0.4) is 0 Å². The van der Waals surface area contributed by atoms with E-state index in [-0.39, 0.29) is 6.03 Å². The zero-order valence-corrected chi connectivity index (χ0v) is 11.1. The molecule has 0 aliphatic heterocycles. The van der Waals surface area contributed by atoms with E-state index in [0.717, 1.165) is 15.8 Å². The summed E-state index contributed by atoms with van der Waals surface area (Å²) in [6.07, 6.45) is 0. The number of halogens is 1. The molecule has 3 N–H and O–H groups in total. The van der Waals surface area contributed by atoms with Gasteiger partial charge in [0.05, 0.1) is 5.69 Å². The van der Waals surface area contributed by atoms with Crippen LogP contribution >= 0.6 is 15.9 Å². The van der Waals surface area contributed by atoms with E-state index in [0.29, 0.717) is 0 Å². The van der Waals surface area contributed by atoms with E-state index in [2.05, 4.69) is 32.1 Å². The number of anilines is 2. The summed E-state index contributed by atoms with van der Waals surface area (Å²) in [6.45, 7) is 0. The van der Waals surface area contributed by atoms with Gasteiger partial charge in [-0.3, -0.25) is 10.9 Å². The van der Waals surface area contributed by atoms with Gasteiger partial charge < -0.3 is 5.32 Å². The smallest absolute Gasteiger partial charge is 0.307 e. The highest BCUT2D eigenvalue weighted by Crippen LogP contribution is 2.15. The first-order valence-corrected chi connectivity index (χ1v) is 6.17. The second-order valence-electron chi connectivity index (χ2n) is 3.58. The van der Waals surface area contributed by atoms with E-state index in [1.807, 2.05) is 54.6 Å². The molecule has 0 saturated heterocycles. The SMILES string of the molecule is O=C(NNc1ccccc1)Nc1cccc(Br)c1. The second-order valence-corrected chi connectivity index (χ2v) is 4.50. The van der Waals surface area contributed by atoms with Crippen LogP contribution in [0.15, 0.2) is 59.1 Å². The second kappa shape index (κ2) is 6.07. The average molecular weight is 306 g/mol. The molecule has 0 unspecified atom stereocenters. The molecule has 0 heterocycles. The van der Waals surface area contributed by atoms with Crippen LogP contribution in [0.25, 0.3) is 0 Å². The highest BCUT2D eigenvalue weighted by Gasteiger charge is 2.00. The fourth-order valence-corrected chi connectivity index (χ4v) is 1.78. The fourth-order valence-electron chi connectivity index (χ4n) is 1.38. The van der Waals surface area contributed by atoms with Gasteiger partial charge in [0.25, 0.3) is 0 Å². The molecule has 0 saturated carbocycles. The molecule has 2 aromatic rings. The molecule has 0 aliphatic carbocycles. The lowest BCUT2D eigenvalue weighted by atomic mass is 10.3. The Morgan fingerprint density at radius 3 is 2.39 bits per heavy atom. The summed E-state index contributed by atoms with van der Waals surface area (Å²) in [5, 5.41) is 2.71. The molecule has 92 valence electrons. The van der Waals surface area contributed by atoms with Gasteiger partial charge in [0, 0.05) is 10.2 Å². The zero-order valence-electron chi connectivity index (χ0n) is 9.48. The number of amides is 2. The van der Waals surface area contributed by atoms with Crippen LogP contribution in [0.2, 0.25) is 0 Å². The molecule has 2 rings (SSSR count). The lowest BCUT2D eigenvalue weighted by molar-refractivity contribution is 0.254.